The summed E-state index contributed by atoms with van der Waals surface area (Å²) in [7, 11) is 0. The van der Waals surface area contributed by atoms with Gasteiger partial charge in [0.25, 0.3) is 0 Å². The topological polar surface area (TPSA) is 27.1 Å². The molecule has 3 aromatic carbocycles. The Morgan fingerprint density at radius 2 is 1.75 bits per heavy atom. The Morgan fingerprint density at radius 3 is 2.56 bits per heavy atom. The number of ether oxygens (including phenoxy) is 1. The van der Waals surface area contributed by atoms with Gasteiger partial charge in [-0.25, -0.2) is 4.98 Å². The summed E-state index contributed by atoms with van der Waals surface area (Å²) in [6, 6.07) is 14.6. The van der Waals surface area contributed by atoms with Gasteiger partial charge in [-0.3, -0.25) is 4.57 Å². The first kappa shape index (κ1) is 16.5. The maximum atomic E-state index is 8.73. The number of hydrogen-bond donors (Lipinski definition) is 0. The molecule has 0 aliphatic heterocycles. The third-order valence-corrected chi connectivity index (χ3v) is 6.08. The Kier molecular flexibility index (Phi) is 4.02. The maximum Gasteiger partial charge on any atom is 0.137 e. The van der Waals surface area contributed by atoms with Crippen molar-refractivity contribution >= 4 is 37.7 Å². The van der Waals surface area contributed by atoms with Crippen LogP contribution in [0.25, 0.3) is 27.6 Å². The molecular weight excluding hydrogens is 460 g/mol. The quantitative estimate of drug-likeness (QED) is 0.255. The van der Waals surface area contributed by atoms with Crippen LogP contribution in [0, 0.1) is 6.92 Å². The smallest absolute Gasteiger partial charge is 0.137 e. The molecule has 5 rings (SSSR count). The van der Waals surface area contributed by atoms with E-state index in [-0.39, 0.29) is 29.6 Å². The van der Waals surface area contributed by atoms with Crippen LogP contribution >= 0.6 is 15.9 Å². The van der Waals surface area contributed by atoms with Crippen LogP contribution in [-0.2, 0) is 5.41 Å². The molecule has 160 valence electrons. The van der Waals surface area contributed by atoms with Crippen molar-refractivity contribution < 1.29 is 10.2 Å². The Hall–Kier alpha value is -3.11. The van der Waals surface area contributed by atoms with Crippen molar-refractivity contribution in [3.05, 3.63) is 94.5 Å². The van der Waals surface area contributed by atoms with Gasteiger partial charge in [0.05, 0.1) is 16.5 Å². The predicted molar refractivity (Wildman–Crippen MR) is 136 cm³/mol. The lowest BCUT2D eigenvalue weighted by atomic mass is 9.88. The molecule has 0 radical (unpaired) electrons. The zero-order valence-corrected chi connectivity index (χ0v) is 20.0. The van der Waals surface area contributed by atoms with Crippen molar-refractivity contribution in [2.45, 2.75) is 33.1 Å². The van der Waals surface area contributed by atoms with E-state index >= 15 is 0 Å². The zero-order valence-electron chi connectivity index (χ0n) is 22.4. The molecule has 2 aromatic heterocycles. The van der Waals surface area contributed by atoms with E-state index in [1.807, 2.05) is 60.0 Å². The fourth-order valence-corrected chi connectivity index (χ4v) is 4.16. The number of benzene rings is 3. The number of pyridine rings is 1. The molecule has 0 unspecified atom stereocenters. The van der Waals surface area contributed by atoms with Crippen molar-refractivity contribution in [3.63, 3.8) is 0 Å². The molecule has 0 fully saturated rings. The standard InChI is InChI=1S/C28H25BrN2O/c1-18-9-10-20(29)16-26(18)32-21-11-12-23-22-7-5-6-8-24(22)31(25(23)17-21)27-15-19(13-14-30-27)28(2,3)4/h5-17H,1-4H3/i5D,6D,7D,8D. The second kappa shape index (κ2) is 7.79. The van der Waals surface area contributed by atoms with Crippen molar-refractivity contribution in [2.24, 2.45) is 0 Å². The van der Waals surface area contributed by atoms with Gasteiger partial charge in [0, 0.05) is 27.5 Å². The third-order valence-electron chi connectivity index (χ3n) is 5.59. The van der Waals surface area contributed by atoms with Crippen molar-refractivity contribution in [1.82, 2.24) is 9.55 Å². The number of aromatic nitrogens is 2. The van der Waals surface area contributed by atoms with E-state index in [0.29, 0.717) is 39.1 Å². The van der Waals surface area contributed by atoms with Gasteiger partial charge in [0.2, 0.25) is 0 Å². The zero-order chi connectivity index (χ0) is 25.9. The molecule has 4 heteroatoms. The van der Waals surface area contributed by atoms with Gasteiger partial charge >= 0.3 is 0 Å². The van der Waals surface area contributed by atoms with Gasteiger partial charge in [-0.05, 0) is 65.9 Å². The van der Waals surface area contributed by atoms with E-state index in [9.17, 15) is 0 Å². The molecule has 0 bridgehead atoms. The van der Waals surface area contributed by atoms with E-state index < -0.39 is 0 Å². The number of para-hydroxylation sites is 1. The Balaban J connectivity index is 1.85. The molecule has 5 aromatic rings. The molecule has 0 saturated carbocycles. The molecule has 0 amide bonds. The summed E-state index contributed by atoms with van der Waals surface area (Å²) >= 11 is 3.50. The predicted octanol–water partition coefficient (Wildman–Crippen LogP) is 8.34. The highest BCUT2D eigenvalue weighted by molar-refractivity contribution is 9.10. The summed E-state index contributed by atoms with van der Waals surface area (Å²) < 4.78 is 42.9. The normalized spacial score (nSPS) is 13.7. The molecule has 0 aliphatic carbocycles. The lowest BCUT2D eigenvalue weighted by Gasteiger charge is -2.20. The molecule has 32 heavy (non-hydrogen) atoms. The van der Waals surface area contributed by atoms with Crippen LogP contribution in [0.3, 0.4) is 0 Å². The molecule has 0 atom stereocenters. The highest BCUT2D eigenvalue weighted by Crippen LogP contribution is 2.36. The van der Waals surface area contributed by atoms with Gasteiger partial charge in [-0.2, -0.15) is 0 Å². The van der Waals surface area contributed by atoms with E-state index in [0.717, 1.165) is 15.6 Å². The molecule has 3 nitrogen and oxygen atoms in total. The second-order valence-electron chi connectivity index (χ2n) is 8.90. The van der Waals surface area contributed by atoms with Gasteiger partial charge in [0.15, 0.2) is 0 Å². The Bertz CT molecular complexity index is 1670. The highest BCUT2D eigenvalue weighted by Gasteiger charge is 2.18. The van der Waals surface area contributed by atoms with Crippen LogP contribution in [-0.4, -0.2) is 9.55 Å². The van der Waals surface area contributed by atoms with E-state index in [1.54, 1.807) is 6.20 Å². The number of fused-ring (bicyclic) bond motifs is 3. The van der Waals surface area contributed by atoms with Gasteiger partial charge < -0.3 is 4.74 Å². The third kappa shape index (κ3) is 3.69. The summed E-state index contributed by atoms with van der Waals surface area (Å²) in [6.45, 7) is 8.34. The first-order valence-corrected chi connectivity index (χ1v) is 11.2. The van der Waals surface area contributed by atoms with Crippen molar-refractivity contribution in [1.29, 1.82) is 0 Å². The number of aryl methyl sites for hydroxylation is 1. The number of halogens is 1. The molecule has 0 spiro atoms. The minimum absolute atomic E-state index is 0.0711. The van der Waals surface area contributed by atoms with Gasteiger partial charge in [0.1, 0.15) is 17.3 Å². The van der Waals surface area contributed by atoms with Crippen molar-refractivity contribution in [3.8, 4) is 17.3 Å². The average molecular weight is 489 g/mol. The number of rotatable bonds is 3. The van der Waals surface area contributed by atoms with E-state index in [1.165, 1.54) is 0 Å². The van der Waals surface area contributed by atoms with E-state index in [4.69, 9.17) is 10.2 Å². The van der Waals surface area contributed by atoms with Crippen LogP contribution in [0.2, 0.25) is 0 Å². The molecule has 0 aliphatic rings. The first-order chi connectivity index (χ1) is 17.0. The fraction of sp³-hybridized carbons (Fsp3) is 0.179. The van der Waals surface area contributed by atoms with Gasteiger partial charge in [-0.15, -0.1) is 0 Å². The molecular formula is C28H25BrN2O. The SMILES string of the molecule is [2H]c1c([2H])c([2H])c2c(c1[2H])c1ccc(Oc3cc(Br)ccc3C)cc1n2-c1cc(C(C)(C)C)ccn1. The number of hydrogen-bond acceptors (Lipinski definition) is 2. The van der Waals surface area contributed by atoms with Crippen LogP contribution in [0.15, 0.2) is 83.4 Å². The summed E-state index contributed by atoms with van der Waals surface area (Å²) in [5.41, 5.74) is 3.02. The Morgan fingerprint density at radius 1 is 0.938 bits per heavy atom. The summed E-state index contributed by atoms with van der Waals surface area (Å²) in [6.07, 6.45) is 1.74. The lowest BCUT2D eigenvalue weighted by molar-refractivity contribution is 0.479. The Labute approximate surface area is 202 Å². The minimum Gasteiger partial charge on any atom is -0.457 e. The monoisotopic (exact) mass is 488 g/mol. The second-order valence-corrected chi connectivity index (χ2v) is 9.82. The van der Waals surface area contributed by atoms with Crippen LogP contribution in [0.4, 0.5) is 0 Å². The summed E-state index contributed by atoms with van der Waals surface area (Å²) in [5.74, 6) is 1.89. The summed E-state index contributed by atoms with van der Waals surface area (Å²) in [5, 5.41) is 1.17. The molecule has 0 saturated heterocycles. The summed E-state index contributed by atoms with van der Waals surface area (Å²) in [4.78, 5) is 4.62. The average Bonchev–Trinajstić information content (AvgIpc) is 3.18. The fourth-order valence-electron chi connectivity index (χ4n) is 3.82. The number of nitrogens with zero attached hydrogens (tertiary/aromatic N) is 2. The highest BCUT2D eigenvalue weighted by atomic mass is 79.9. The minimum atomic E-state index is -0.273. The maximum absolute atomic E-state index is 8.73. The van der Waals surface area contributed by atoms with Crippen LogP contribution in [0.5, 0.6) is 11.5 Å². The van der Waals surface area contributed by atoms with Crippen LogP contribution in [0.1, 0.15) is 37.4 Å². The molecule has 0 N–H and O–H groups in total. The van der Waals surface area contributed by atoms with Crippen LogP contribution < -0.4 is 4.74 Å². The van der Waals surface area contributed by atoms with Crippen molar-refractivity contribution in [2.75, 3.05) is 0 Å². The largest absolute Gasteiger partial charge is 0.457 e. The van der Waals surface area contributed by atoms with E-state index in [2.05, 4.69) is 41.7 Å². The first-order valence-electron chi connectivity index (χ1n) is 12.4. The molecule has 2 heterocycles. The van der Waals surface area contributed by atoms with Gasteiger partial charge in [-0.1, -0.05) is 60.9 Å². The lowest BCUT2D eigenvalue weighted by Crippen LogP contribution is -2.12.